The number of hydrogen-bond donors (Lipinski definition) is 2. The number of carbonyl (C=O) groups excluding carboxylic acids is 1. The Labute approximate surface area is 188 Å². The number of thioether (sulfide) groups is 1. The molecule has 3 aromatic rings. The molecule has 0 unspecified atom stereocenters. The first-order valence-electron chi connectivity index (χ1n) is 9.94. The van der Waals surface area contributed by atoms with E-state index in [0.29, 0.717) is 0 Å². The largest absolute Gasteiger partial charge is 0.348 e. The summed E-state index contributed by atoms with van der Waals surface area (Å²) in [5, 5.41) is 2.96. The lowest BCUT2D eigenvalue weighted by Gasteiger charge is -2.22. The zero-order valence-electron chi connectivity index (χ0n) is 17.5. The molecule has 1 amide bonds. The van der Waals surface area contributed by atoms with Crippen molar-refractivity contribution in [3.05, 3.63) is 96.1 Å². The predicted octanol–water partition coefficient (Wildman–Crippen LogP) is 4.18. The third-order valence-electron chi connectivity index (χ3n) is 4.92. The highest BCUT2D eigenvalue weighted by atomic mass is 32.2. The second kappa shape index (κ2) is 10.6. The summed E-state index contributed by atoms with van der Waals surface area (Å²) in [6, 6.07) is 24.2. The Bertz CT molecular complexity index is 1090. The first kappa shape index (κ1) is 23.1. The molecule has 0 spiro atoms. The van der Waals surface area contributed by atoms with Gasteiger partial charge in [0.1, 0.15) is 6.04 Å². The molecule has 0 saturated carbocycles. The van der Waals surface area contributed by atoms with E-state index in [-0.39, 0.29) is 23.3 Å². The summed E-state index contributed by atoms with van der Waals surface area (Å²) in [5.41, 5.74) is 1.82. The predicted molar refractivity (Wildman–Crippen MR) is 125 cm³/mol. The Hall–Kier alpha value is -2.61. The summed E-state index contributed by atoms with van der Waals surface area (Å²) in [6.07, 6.45) is 2.25. The molecule has 0 bridgehead atoms. The van der Waals surface area contributed by atoms with Crippen molar-refractivity contribution in [2.24, 2.45) is 0 Å². The number of benzene rings is 3. The Morgan fingerprint density at radius 2 is 1.48 bits per heavy atom. The average Bonchev–Trinajstić information content (AvgIpc) is 2.79. The molecule has 0 aromatic heterocycles. The normalized spacial score (nSPS) is 13.4. The average molecular weight is 455 g/mol. The molecule has 5 nitrogen and oxygen atoms in total. The lowest BCUT2D eigenvalue weighted by atomic mass is 10.0. The summed E-state index contributed by atoms with van der Waals surface area (Å²) in [4.78, 5) is 14.4. The van der Waals surface area contributed by atoms with Gasteiger partial charge in [-0.25, -0.2) is 8.42 Å². The summed E-state index contributed by atoms with van der Waals surface area (Å²) in [7, 11) is -3.85. The number of hydrogen-bond acceptors (Lipinski definition) is 4. The molecular weight excluding hydrogens is 428 g/mol. The van der Waals surface area contributed by atoms with Crippen LogP contribution in [0.3, 0.4) is 0 Å². The van der Waals surface area contributed by atoms with Crippen molar-refractivity contribution in [1.82, 2.24) is 10.0 Å². The standard InChI is InChI=1S/C24H26N2O3S2/c1-18(20-13-15-21(30-2)16-14-20)25-24(27)23(17-19-9-5-3-6-10-19)26-31(28,29)22-11-7-4-8-12-22/h3-16,18,23,26H,17H2,1-2H3,(H,25,27)/t18-,23-/m0/s1. The van der Waals surface area contributed by atoms with Gasteiger partial charge in [-0.05, 0) is 55.0 Å². The molecule has 3 aromatic carbocycles. The van der Waals surface area contributed by atoms with Crippen LogP contribution in [0.1, 0.15) is 24.1 Å². The molecule has 0 heterocycles. The van der Waals surface area contributed by atoms with E-state index < -0.39 is 16.1 Å². The number of sulfonamides is 1. The summed E-state index contributed by atoms with van der Waals surface area (Å²) >= 11 is 1.65. The van der Waals surface area contributed by atoms with Gasteiger partial charge in [-0.3, -0.25) is 4.79 Å². The van der Waals surface area contributed by atoms with Gasteiger partial charge in [0.05, 0.1) is 10.9 Å². The number of amides is 1. The smallest absolute Gasteiger partial charge is 0.241 e. The van der Waals surface area contributed by atoms with Gasteiger partial charge in [-0.1, -0.05) is 60.7 Å². The Morgan fingerprint density at radius 3 is 2.06 bits per heavy atom. The van der Waals surface area contributed by atoms with Crippen LogP contribution in [-0.4, -0.2) is 26.6 Å². The van der Waals surface area contributed by atoms with E-state index in [1.54, 1.807) is 30.0 Å². The van der Waals surface area contributed by atoms with Gasteiger partial charge >= 0.3 is 0 Å². The fraction of sp³-hybridized carbons (Fsp3) is 0.208. The molecule has 0 saturated heterocycles. The molecule has 0 aliphatic rings. The molecule has 7 heteroatoms. The van der Waals surface area contributed by atoms with Gasteiger partial charge in [0.2, 0.25) is 15.9 Å². The van der Waals surface area contributed by atoms with Crippen LogP contribution in [0.4, 0.5) is 0 Å². The SMILES string of the molecule is CSc1ccc([C@H](C)NC(=O)[C@H](Cc2ccccc2)NS(=O)(=O)c2ccccc2)cc1. The van der Waals surface area contributed by atoms with Crippen molar-refractivity contribution in [2.45, 2.75) is 35.2 Å². The van der Waals surface area contributed by atoms with Crippen LogP contribution in [0.25, 0.3) is 0 Å². The lowest BCUT2D eigenvalue weighted by Crippen LogP contribution is -2.48. The minimum atomic E-state index is -3.85. The fourth-order valence-corrected chi connectivity index (χ4v) is 4.81. The topological polar surface area (TPSA) is 75.3 Å². The zero-order chi connectivity index (χ0) is 22.3. The third-order valence-corrected chi connectivity index (χ3v) is 7.16. The molecule has 0 aliphatic heterocycles. The maximum Gasteiger partial charge on any atom is 0.241 e. The number of rotatable bonds is 9. The van der Waals surface area contributed by atoms with E-state index in [2.05, 4.69) is 10.0 Å². The fourth-order valence-electron chi connectivity index (χ4n) is 3.18. The third kappa shape index (κ3) is 6.43. The number of carbonyl (C=O) groups is 1. The maximum atomic E-state index is 13.1. The molecule has 0 aliphatic carbocycles. The second-order valence-corrected chi connectivity index (χ2v) is 9.77. The van der Waals surface area contributed by atoms with E-state index in [0.717, 1.165) is 16.0 Å². The highest BCUT2D eigenvalue weighted by molar-refractivity contribution is 7.98. The van der Waals surface area contributed by atoms with Crippen LogP contribution in [0.15, 0.2) is 94.7 Å². The molecule has 2 atom stereocenters. The molecule has 2 N–H and O–H groups in total. The van der Waals surface area contributed by atoms with Gasteiger partial charge < -0.3 is 5.32 Å². The van der Waals surface area contributed by atoms with Crippen molar-refractivity contribution in [1.29, 1.82) is 0 Å². The first-order valence-corrected chi connectivity index (χ1v) is 12.7. The van der Waals surface area contributed by atoms with Crippen LogP contribution in [-0.2, 0) is 21.2 Å². The highest BCUT2D eigenvalue weighted by Crippen LogP contribution is 2.19. The first-order chi connectivity index (χ1) is 14.9. The quantitative estimate of drug-likeness (QED) is 0.476. The van der Waals surface area contributed by atoms with Gasteiger partial charge in [0.15, 0.2) is 0 Å². The molecule has 0 radical (unpaired) electrons. The van der Waals surface area contributed by atoms with Crippen LogP contribution >= 0.6 is 11.8 Å². The van der Waals surface area contributed by atoms with Gasteiger partial charge in [0, 0.05) is 4.90 Å². The number of nitrogens with one attached hydrogen (secondary N) is 2. The van der Waals surface area contributed by atoms with Crippen LogP contribution in [0.5, 0.6) is 0 Å². The lowest BCUT2D eigenvalue weighted by molar-refractivity contribution is -0.123. The Morgan fingerprint density at radius 1 is 0.903 bits per heavy atom. The van der Waals surface area contributed by atoms with Crippen LogP contribution < -0.4 is 10.0 Å². The highest BCUT2D eigenvalue weighted by Gasteiger charge is 2.27. The Kier molecular flexibility index (Phi) is 7.90. The molecular formula is C24H26N2O3S2. The molecule has 0 fully saturated rings. The van der Waals surface area contributed by atoms with Gasteiger partial charge in [-0.2, -0.15) is 4.72 Å². The van der Waals surface area contributed by atoms with Gasteiger partial charge in [0.25, 0.3) is 0 Å². The van der Waals surface area contributed by atoms with Crippen molar-refractivity contribution in [3.63, 3.8) is 0 Å². The van der Waals surface area contributed by atoms with Crippen molar-refractivity contribution in [2.75, 3.05) is 6.26 Å². The summed E-state index contributed by atoms with van der Waals surface area (Å²) in [5.74, 6) is -0.371. The van der Waals surface area contributed by atoms with Crippen molar-refractivity contribution in [3.8, 4) is 0 Å². The summed E-state index contributed by atoms with van der Waals surface area (Å²) in [6.45, 7) is 1.89. The monoisotopic (exact) mass is 454 g/mol. The van der Waals surface area contributed by atoms with Crippen molar-refractivity contribution < 1.29 is 13.2 Å². The van der Waals surface area contributed by atoms with E-state index >= 15 is 0 Å². The van der Waals surface area contributed by atoms with E-state index in [1.165, 1.54) is 12.1 Å². The van der Waals surface area contributed by atoms with Gasteiger partial charge in [-0.15, -0.1) is 11.8 Å². The zero-order valence-corrected chi connectivity index (χ0v) is 19.1. The van der Waals surface area contributed by atoms with Crippen LogP contribution in [0.2, 0.25) is 0 Å². The van der Waals surface area contributed by atoms with E-state index in [9.17, 15) is 13.2 Å². The Balaban J connectivity index is 1.80. The molecule has 31 heavy (non-hydrogen) atoms. The molecule has 3 rings (SSSR count). The van der Waals surface area contributed by atoms with Crippen LogP contribution in [0, 0.1) is 0 Å². The maximum absolute atomic E-state index is 13.1. The van der Waals surface area contributed by atoms with Crippen molar-refractivity contribution >= 4 is 27.7 Å². The minimum absolute atomic E-state index is 0.126. The van der Waals surface area contributed by atoms with E-state index in [1.807, 2.05) is 67.8 Å². The minimum Gasteiger partial charge on any atom is -0.348 e. The molecule has 162 valence electrons. The van der Waals surface area contributed by atoms with E-state index in [4.69, 9.17) is 0 Å². The summed E-state index contributed by atoms with van der Waals surface area (Å²) < 4.78 is 28.3. The second-order valence-electron chi connectivity index (χ2n) is 7.18.